The molecular weight excluding hydrogens is 468 g/mol. The average Bonchev–Trinajstić information content (AvgIpc) is 2.90. The molecule has 0 spiro atoms. The lowest BCUT2D eigenvalue weighted by Gasteiger charge is -2.03. The van der Waals surface area contributed by atoms with Crippen molar-refractivity contribution in [3.05, 3.63) is 35.9 Å². The van der Waals surface area contributed by atoms with Gasteiger partial charge in [-0.3, -0.25) is 4.79 Å². The number of aliphatic hydroxyl groups is 2. The maximum absolute atomic E-state index is 10.3. The quantitative estimate of drug-likeness (QED) is 0.114. The van der Waals surface area contributed by atoms with Crippen LogP contribution in [0.5, 0.6) is 0 Å². The first-order chi connectivity index (χ1) is 18.0. The monoisotopic (exact) mass is 524 g/mol. The van der Waals surface area contributed by atoms with E-state index in [9.17, 15) is 9.59 Å². The minimum Gasteiger partial charge on any atom is -0.481 e. The molecule has 0 aliphatic rings. The number of carboxylic acids is 2. The van der Waals surface area contributed by atoms with Crippen molar-refractivity contribution in [2.45, 2.75) is 135 Å². The van der Waals surface area contributed by atoms with Crippen molar-refractivity contribution in [2.75, 3.05) is 13.2 Å². The van der Waals surface area contributed by atoms with E-state index in [2.05, 4.69) is 6.92 Å². The van der Waals surface area contributed by atoms with Gasteiger partial charge in [-0.25, -0.2) is 4.79 Å². The number of rotatable bonds is 22. The molecule has 0 amide bonds. The Hall–Kier alpha value is -1.92. The molecule has 0 unspecified atom stereocenters. The zero-order valence-corrected chi connectivity index (χ0v) is 23.5. The molecule has 37 heavy (non-hydrogen) atoms. The summed E-state index contributed by atoms with van der Waals surface area (Å²) >= 11 is 0. The summed E-state index contributed by atoms with van der Waals surface area (Å²) in [6.07, 6.45) is 24.0. The molecule has 6 nitrogen and oxygen atoms in total. The second kappa shape index (κ2) is 32.1. The summed E-state index contributed by atoms with van der Waals surface area (Å²) in [5.74, 6) is -1.53. The number of aliphatic hydroxyl groups excluding tert-OH is 2. The molecule has 0 atom stereocenters. The highest BCUT2D eigenvalue weighted by Crippen LogP contribution is 2.13. The summed E-state index contributed by atoms with van der Waals surface area (Å²) in [4.78, 5) is 20.5. The van der Waals surface area contributed by atoms with E-state index in [0.29, 0.717) is 12.0 Å². The molecule has 6 heteroatoms. The molecule has 0 radical (unpaired) electrons. The van der Waals surface area contributed by atoms with Crippen LogP contribution in [0.3, 0.4) is 0 Å². The van der Waals surface area contributed by atoms with Gasteiger partial charge in [0.15, 0.2) is 0 Å². The number of unbranched alkanes of at least 4 members (excludes halogenated alkanes) is 17. The summed E-state index contributed by atoms with van der Waals surface area (Å²) in [7, 11) is 0. The fraction of sp³-hybridized carbons (Fsp3) is 0.742. The van der Waals surface area contributed by atoms with Gasteiger partial charge in [-0.1, -0.05) is 128 Å². The molecule has 0 heterocycles. The third-order valence-electron chi connectivity index (χ3n) is 6.08. The molecule has 216 valence electrons. The first-order valence-corrected chi connectivity index (χ1v) is 14.7. The minimum atomic E-state index is -0.879. The normalized spacial score (nSPS) is 10.1. The number of benzene rings is 1. The van der Waals surface area contributed by atoms with Crippen LogP contribution in [0.1, 0.15) is 146 Å². The number of carbonyl (C=O) groups is 2. The first kappa shape index (κ1) is 37.2. The van der Waals surface area contributed by atoms with Gasteiger partial charge in [0.05, 0.1) is 5.56 Å². The summed E-state index contributed by atoms with van der Waals surface area (Å²) in [5.41, 5.74) is 0.331. The molecule has 0 saturated heterocycles. The lowest BCUT2D eigenvalue weighted by molar-refractivity contribution is -0.137. The van der Waals surface area contributed by atoms with Gasteiger partial charge in [0, 0.05) is 19.6 Å². The molecule has 0 fully saturated rings. The largest absolute Gasteiger partial charge is 0.481 e. The van der Waals surface area contributed by atoms with Crippen LogP contribution in [0, 0.1) is 0 Å². The van der Waals surface area contributed by atoms with Crippen LogP contribution in [0.15, 0.2) is 30.3 Å². The standard InChI is InChI=1S/C18H36O2.C7H6O2.C6H14O2/c1-2-3-4-5-6-7-8-9-10-11-12-13-14-15-16-17-18(19)20;8-7(9)6-4-2-1-3-5-6;7-5-3-1-2-4-6-8/h2-17H2,1H3,(H,19,20);1-5H,(H,8,9);7-8H,1-6H2. The van der Waals surface area contributed by atoms with Gasteiger partial charge >= 0.3 is 11.9 Å². The van der Waals surface area contributed by atoms with Crippen molar-refractivity contribution >= 4 is 11.9 Å². The SMILES string of the molecule is CCCCCCCCCCCCCCCCCC(=O)O.O=C(O)c1ccccc1.OCCCCCCO. The van der Waals surface area contributed by atoms with Crippen LogP contribution < -0.4 is 0 Å². The number of aromatic carboxylic acids is 1. The van der Waals surface area contributed by atoms with Crippen molar-refractivity contribution in [2.24, 2.45) is 0 Å². The van der Waals surface area contributed by atoms with Gasteiger partial charge in [0.1, 0.15) is 0 Å². The Morgan fingerprint density at radius 1 is 0.541 bits per heavy atom. The zero-order valence-electron chi connectivity index (χ0n) is 23.5. The molecule has 1 rings (SSSR count). The first-order valence-electron chi connectivity index (χ1n) is 14.7. The molecule has 0 aliphatic carbocycles. The molecular formula is C31H56O6. The van der Waals surface area contributed by atoms with Gasteiger partial charge < -0.3 is 20.4 Å². The van der Waals surface area contributed by atoms with E-state index in [0.717, 1.165) is 38.5 Å². The molecule has 0 aliphatic heterocycles. The second-order valence-electron chi connectivity index (χ2n) is 9.63. The van der Waals surface area contributed by atoms with Gasteiger partial charge in [0.2, 0.25) is 0 Å². The van der Waals surface area contributed by atoms with Crippen molar-refractivity contribution in [1.82, 2.24) is 0 Å². The number of aliphatic carboxylic acids is 1. The average molecular weight is 525 g/mol. The minimum absolute atomic E-state index is 0.283. The lowest BCUT2D eigenvalue weighted by atomic mass is 10.0. The van der Waals surface area contributed by atoms with Crippen molar-refractivity contribution in [3.63, 3.8) is 0 Å². The van der Waals surface area contributed by atoms with Crippen LogP contribution >= 0.6 is 0 Å². The van der Waals surface area contributed by atoms with Crippen molar-refractivity contribution < 1.29 is 30.0 Å². The third-order valence-corrected chi connectivity index (χ3v) is 6.08. The Morgan fingerprint density at radius 2 is 0.892 bits per heavy atom. The molecule has 4 N–H and O–H groups in total. The molecule has 1 aromatic rings. The molecule has 1 aromatic carbocycles. The topological polar surface area (TPSA) is 115 Å². The third kappa shape index (κ3) is 34.1. The summed E-state index contributed by atoms with van der Waals surface area (Å²) in [6.45, 7) is 2.84. The van der Waals surface area contributed by atoms with E-state index >= 15 is 0 Å². The van der Waals surface area contributed by atoms with E-state index in [1.54, 1.807) is 30.3 Å². The summed E-state index contributed by atoms with van der Waals surface area (Å²) in [6, 6.07) is 8.30. The van der Waals surface area contributed by atoms with Crippen LogP contribution in [-0.4, -0.2) is 45.6 Å². The highest BCUT2D eigenvalue weighted by molar-refractivity contribution is 5.87. The molecule has 0 aromatic heterocycles. The smallest absolute Gasteiger partial charge is 0.335 e. The van der Waals surface area contributed by atoms with E-state index in [1.807, 2.05) is 0 Å². The highest BCUT2D eigenvalue weighted by atomic mass is 16.4. The Morgan fingerprint density at radius 3 is 1.19 bits per heavy atom. The van der Waals surface area contributed by atoms with Crippen LogP contribution in [0.4, 0.5) is 0 Å². The van der Waals surface area contributed by atoms with Gasteiger partial charge in [0.25, 0.3) is 0 Å². The maximum Gasteiger partial charge on any atom is 0.335 e. The van der Waals surface area contributed by atoms with Crippen LogP contribution in [-0.2, 0) is 4.79 Å². The fourth-order valence-electron chi connectivity index (χ4n) is 3.81. The van der Waals surface area contributed by atoms with Gasteiger partial charge in [-0.2, -0.15) is 0 Å². The number of carboxylic acid groups (broad SMARTS) is 2. The van der Waals surface area contributed by atoms with E-state index in [1.165, 1.54) is 83.5 Å². The van der Waals surface area contributed by atoms with Crippen LogP contribution in [0.25, 0.3) is 0 Å². The van der Waals surface area contributed by atoms with Crippen LogP contribution in [0.2, 0.25) is 0 Å². The predicted molar refractivity (Wildman–Crippen MR) is 153 cm³/mol. The Bertz CT molecular complexity index is 585. The number of hydrogen-bond donors (Lipinski definition) is 4. The second-order valence-corrected chi connectivity index (χ2v) is 9.63. The zero-order chi connectivity index (χ0) is 27.8. The Labute approximate surface area is 226 Å². The van der Waals surface area contributed by atoms with Crippen molar-refractivity contribution in [3.8, 4) is 0 Å². The predicted octanol–water partition coefficient (Wildman–Crippen LogP) is 8.25. The van der Waals surface area contributed by atoms with E-state index in [4.69, 9.17) is 20.4 Å². The van der Waals surface area contributed by atoms with E-state index < -0.39 is 11.9 Å². The van der Waals surface area contributed by atoms with Crippen molar-refractivity contribution in [1.29, 1.82) is 0 Å². The van der Waals surface area contributed by atoms with Gasteiger partial charge in [-0.05, 0) is 31.4 Å². The maximum atomic E-state index is 10.3. The highest BCUT2D eigenvalue weighted by Gasteiger charge is 1.98. The lowest BCUT2D eigenvalue weighted by Crippen LogP contribution is -1.93. The number of hydrogen-bond acceptors (Lipinski definition) is 4. The van der Waals surface area contributed by atoms with Gasteiger partial charge in [-0.15, -0.1) is 0 Å². The fourth-order valence-corrected chi connectivity index (χ4v) is 3.81. The Kier molecular flexibility index (Phi) is 32.3. The summed E-state index contributed by atoms with van der Waals surface area (Å²) < 4.78 is 0. The Balaban J connectivity index is 0. The molecule has 0 bridgehead atoms. The molecule has 0 saturated carbocycles. The van der Waals surface area contributed by atoms with E-state index in [-0.39, 0.29) is 13.2 Å². The summed E-state index contributed by atoms with van der Waals surface area (Å²) in [5, 5.41) is 33.5.